The predicted molar refractivity (Wildman–Crippen MR) is 64.5 cm³/mol. The van der Waals surface area contributed by atoms with E-state index >= 15 is 0 Å². The van der Waals surface area contributed by atoms with Crippen molar-refractivity contribution < 1.29 is 9.90 Å². The Balaban J connectivity index is 2.20. The topological polar surface area (TPSA) is 52.6 Å². The third-order valence-corrected chi connectivity index (χ3v) is 3.18. The molecule has 1 heterocycles. The molecule has 0 aliphatic carbocycles. The van der Waals surface area contributed by atoms with Crippen molar-refractivity contribution >= 4 is 5.97 Å². The summed E-state index contributed by atoms with van der Waals surface area (Å²) >= 11 is 0. The fraction of sp³-hybridized carbons (Fsp3) is 0.750. The Morgan fingerprint density at radius 3 is 3.00 bits per heavy atom. The molecule has 1 atom stereocenters. The molecule has 4 nitrogen and oxygen atoms in total. The number of likely N-dealkylation sites (N-methyl/N-ethyl adjacent to an activating group) is 1. The van der Waals surface area contributed by atoms with Gasteiger partial charge in [0.2, 0.25) is 0 Å². The number of aliphatic carboxylic acids is 1. The maximum Gasteiger partial charge on any atom is 0.330 e. The van der Waals surface area contributed by atoms with Crippen molar-refractivity contribution in [1.82, 2.24) is 10.2 Å². The first-order valence-corrected chi connectivity index (χ1v) is 6.00. The van der Waals surface area contributed by atoms with Gasteiger partial charge in [-0.2, -0.15) is 0 Å². The minimum absolute atomic E-state index is 0.409. The van der Waals surface area contributed by atoms with E-state index in [4.69, 9.17) is 5.11 Å². The van der Waals surface area contributed by atoms with Crippen LogP contribution in [0.5, 0.6) is 0 Å². The lowest BCUT2D eigenvalue weighted by molar-refractivity contribution is -0.132. The van der Waals surface area contributed by atoms with Gasteiger partial charge in [0.25, 0.3) is 0 Å². The van der Waals surface area contributed by atoms with Gasteiger partial charge < -0.3 is 10.4 Å². The normalized spacial score (nSPS) is 22.6. The van der Waals surface area contributed by atoms with Crippen molar-refractivity contribution in [2.45, 2.75) is 32.7 Å². The summed E-state index contributed by atoms with van der Waals surface area (Å²) in [6.45, 7) is 7.72. The van der Waals surface area contributed by atoms with Crippen molar-refractivity contribution in [3.05, 3.63) is 11.6 Å². The third kappa shape index (κ3) is 3.94. The summed E-state index contributed by atoms with van der Waals surface area (Å²) in [6.07, 6.45) is 4.26. The van der Waals surface area contributed by atoms with Crippen molar-refractivity contribution in [3.63, 3.8) is 0 Å². The number of nitrogens with one attached hydrogen (secondary N) is 1. The highest BCUT2D eigenvalue weighted by molar-refractivity contribution is 5.85. The average molecular weight is 226 g/mol. The summed E-state index contributed by atoms with van der Waals surface area (Å²) in [5, 5.41) is 12.0. The Morgan fingerprint density at radius 2 is 2.38 bits per heavy atom. The van der Waals surface area contributed by atoms with Gasteiger partial charge in [-0.1, -0.05) is 13.0 Å². The van der Waals surface area contributed by atoms with Gasteiger partial charge in [-0.3, -0.25) is 4.90 Å². The molecule has 1 aliphatic rings. The Kier molecular flexibility index (Phi) is 5.49. The molecule has 4 heteroatoms. The van der Waals surface area contributed by atoms with Crippen LogP contribution in [0.3, 0.4) is 0 Å². The number of hydrogen-bond acceptors (Lipinski definition) is 3. The van der Waals surface area contributed by atoms with Crippen LogP contribution in [0.4, 0.5) is 0 Å². The van der Waals surface area contributed by atoms with Crippen LogP contribution in [-0.4, -0.2) is 48.2 Å². The monoisotopic (exact) mass is 226 g/mol. The summed E-state index contributed by atoms with van der Waals surface area (Å²) in [7, 11) is 0. The Labute approximate surface area is 97.3 Å². The molecule has 0 aromatic heterocycles. The number of likely N-dealkylation sites (tertiary alicyclic amines) is 1. The standard InChI is InChI=1S/C12H22N2O2/c1-3-14-8-4-5-11(14)9-13-7-6-10(2)12(15)16/h6,11,13H,3-5,7-9H2,1-2H3,(H,15,16)/b10-6-. The molecule has 0 amide bonds. The lowest BCUT2D eigenvalue weighted by atomic mass is 10.2. The zero-order valence-electron chi connectivity index (χ0n) is 10.2. The first-order chi connectivity index (χ1) is 7.65. The zero-order chi connectivity index (χ0) is 12.0. The summed E-state index contributed by atoms with van der Waals surface area (Å²) in [5.41, 5.74) is 0.409. The molecule has 0 bridgehead atoms. The molecular formula is C12H22N2O2. The molecule has 1 aliphatic heterocycles. The lowest BCUT2D eigenvalue weighted by Crippen LogP contribution is -2.37. The third-order valence-electron chi connectivity index (χ3n) is 3.18. The maximum absolute atomic E-state index is 10.5. The number of hydrogen-bond donors (Lipinski definition) is 2. The number of rotatable bonds is 6. The lowest BCUT2D eigenvalue weighted by Gasteiger charge is -2.22. The second-order valence-corrected chi connectivity index (χ2v) is 4.28. The highest BCUT2D eigenvalue weighted by Crippen LogP contribution is 2.15. The fourth-order valence-corrected chi connectivity index (χ4v) is 2.11. The summed E-state index contributed by atoms with van der Waals surface area (Å²) in [4.78, 5) is 13.0. The van der Waals surface area contributed by atoms with E-state index in [0.717, 1.165) is 13.1 Å². The van der Waals surface area contributed by atoms with Crippen LogP contribution >= 0.6 is 0 Å². The molecule has 1 rings (SSSR count). The van der Waals surface area contributed by atoms with Crippen molar-refractivity contribution in [3.8, 4) is 0 Å². The van der Waals surface area contributed by atoms with E-state index < -0.39 is 5.97 Å². The quantitative estimate of drug-likeness (QED) is 0.526. The van der Waals surface area contributed by atoms with Gasteiger partial charge in [-0.15, -0.1) is 0 Å². The molecule has 2 N–H and O–H groups in total. The SMILES string of the molecule is CCN1CCCC1CNC/C=C(/C)C(=O)O. The molecule has 1 fully saturated rings. The molecule has 1 saturated heterocycles. The Hall–Kier alpha value is -0.870. The van der Waals surface area contributed by atoms with Crippen LogP contribution in [-0.2, 0) is 4.79 Å². The summed E-state index contributed by atoms with van der Waals surface area (Å²) in [6, 6.07) is 0.628. The minimum atomic E-state index is -0.835. The summed E-state index contributed by atoms with van der Waals surface area (Å²) < 4.78 is 0. The predicted octanol–water partition coefficient (Wildman–Crippen LogP) is 1.09. The smallest absolute Gasteiger partial charge is 0.330 e. The Bertz CT molecular complexity index is 264. The highest BCUT2D eigenvalue weighted by Gasteiger charge is 2.21. The molecule has 0 radical (unpaired) electrons. The fourth-order valence-electron chi connectivity index (χ4n) is 2.11. The van der Waals surface area contributed by atoms with E-state index in [0.29, 0.717) is 18.2 Å². The van der Waals surface area contributed by atoms with Crippen LogP contribution < -0.4 is 5.32 Å². The summed E-state index contributed by atoms with van der Waals surface area (Å²) in [5.74, 6) is -0.835. The van der Waals surface area contributed by atoms with Crippen molar-refractivity contribution in [2.24, 2.45) is 0 Å². The minimum Gasteiger partial charge on any atom is -0.478 e. The van der Waals surface area contributed by atoms with Crippen LogP contribution in [0.15, 0.2) is 11.6 Å². The largest absolute Gasteiger partial charge is 0.478 e. The zero-order valence-corrected chi connectivity index (χ0v) is 10.2. The van der Waals surface area contributed by atoms with Gasteiger partial charge in [-0.25, -0.2) is 4.79 Å². The van der Waals surface area contributed by atoms with E-state index in [1.807, 2.05) is 0 Å². The molecule has 16 heavy (non-hydrogen) atoms. The van der Waals surface area contributed by atoms with Gasteiger partial charge in [0.15, 0.2) is 0 Å². The van der Waals surface area contributed by atoms with E-state index in [-0.39, 0.29) is 0 Å². The number of carboxylic acids is 1. The average Bonchev–Trinajstić information content (AvgIpc) is 2.71. The molecule has 1 unspecified atom stereocenters. The maximum atomic E-state index is 10.5. The molecule has 92 valence electrons. The van der Waals surface area contributed by atoms with E-state index in [9.17, 15) is 4.79 Å². The number of carboxylic acid groups (broad SMARTS) is 1. The van der Waals surface area contributed by atoms with Crippen LogP contribution in [0.2, 0.25) is 0 Å². The van der Waals surface area contributed by atoms with E-state index in [2.05, 4.69) is 17.1 Å². The van der Waals surface area contributed by atoms with Gasteiger partial charge in [0.1, 0.15) is 0 Å². The molecule has 0 aromatic rings. The second-order valence-electron chi connectivity index (χ2n) is 4.28. The van der Waals surface area contributed by atoms with Gasteiger partial charge in [-0.05, 0) is 32.9 Å². The second kappa shape index (κ2) is 6.66. The van der Waals surface area contributed by atoms with Gasteiger partial charge >= 0.3 is 5.97 Å². The van der Waals surface area contributed by atoms with E-state index in [1.165, 1.54) is 19.4 Å². The van der Waals surface area contributed by atoms with Crippen LogP contribution in [0.25, 0.3) is 0 Å². The number of nitrogens with zero attached hydrogens (tertiary/aromatic N) is 1. The molecule has 0 aromatic carbocycles. The highest BCUT2D eigenvalue weighted by atomic mass is 16.4. The Morgan fingerprint density at radius 1 is 1.62 bits per heavy atom. The van der Waals surface area contributed by atoms with Crippen LogP contribution in [0.1, 0.15) is 26.7 Å². The van der Waals surface area contributed by atoms with Crippen LogP contribution in [0, 0.1) is 0 Å². The van der Waals surface area contributed by atoms with Crippen molar-refractivity contribution in [1.29, 1.82) is 0 Å². The first kappa shape index (κ1) is 13.2. The number of carbonyl (C=O) groups is 1. The van der Waals surface area contributed by atoms with Gasteiger partial charge in [0, 0.05) is 24.7 Å². The molecule has 0 saturated carbocycles. The first-order valence-electron chi connectivity index (χ1n) is 6.00. The van der Waals surface area contributed by atoms with E-state index in [1.54, 1.807) is 13.0 Å². The molecular weight excluding hydrogens is 204 g/mol. The van der Waals surface area contributed by atoms with Crippen molar-refractivity contribution in [2.75, 3.05) is 26.2 Å². The molecule has 0 spiro atoms. The van der Waals surface area contributed by atoms with Gasteiger partial charge in [0.05, 0.1) is 0 Å².